The zero-order chi connectivity index (χ0) is 18.7. The molecular formula is C19H11ClN4OS. The maximum Gasteiger partial charge on any atom is 0.243 e. The highest BCUT2D eigenvalue weighted by atomic mass is 35.5. The number of rotatable bonds is 4. The molecule has 1 aromatic heterocycles. The van der Waals surface area contributed by atoms with Gasteiger partial charge < -0.3 is 11.1 Å². The number of halogens is 1. The molecule has 0 radical (unpaired) electrons. The lowest BCUT2D eigenvalue weighted by Crippen LogP contribution is -2.01. The molecule has 3 rings (SSSR count). The summed E-state index contributed by atoms with van der Waals surface area (Å²) in [7, 11) is 0. The van der Waals surface area contributed by atoms with E-state index in [9.17, 15) is 4.79 Å². The van der Waals surface area contributed by atoms with Crippen LogP contribution < -0.4 is 11.1 Å². The monoisotopic (exact) mass is 378 g/mol. The van der Waals surface area contributed by atoms with Crippen LogP contribution in [-0.2, 0) is 0 Å². The maximum absolute atomic E-state index is 12.7. The van der Waals surface area contributed by atoms with Crippen molar-refractivity contribution in [2.75, 3.05) is 11.1 Å². The molecule has 3 aromatic rings. The third kappa shape index (κ3) is 3.38. The molecule has 0 saturated heterocycles. The second-order valence-electron chi connectivity index (χ2n) is 5.25. The van der Waals surface area contributed by atoms with Crippen LogP contribution in [0.1, 0.15) is 15.2 Å². The lowest BCUT2D eigenvalue weighted by molar-refractivity contribution is 0.104. The minimum Gasteiger partial charge on any atom is -0.406 e. The van der Waals surface area contributed by atoms with Gasteiger partial charge in [-0.1, -0.05) is 23.7 Å². The number of carbonyl (C=O) groups is 1. The molecular weight excluding hydrogens is 368 g/mol. The number of hydrogen-bond acceptors (Lipinski definition) is 4. The van der Waals surface area contributed by atoms with Crippen molar-refractivity contribution in [3.63, 3.8) is 0 Å². The predicted molar refractivity (Wildman–Crippen MR) is 106 cm³/mol. The highest BCUT2D eigenvalue weighted by Gasteiger charge is 2.22. The van der Waals surface area contributed by atoms with E-state index < -0.39 is 0 Å². The minimum absolute atomic E-state index is 0.158. The van der Waals surface area contributed by atoms with E-state index in [2.05, 4.69) is 15.0 Å². The van der Waals surface area contributed by atoms with Gasteiger partial charge in [-0.05, 0) is 36.4 Å². The first-order chi connectivity index (χ1) is 12.5. The number of nitrogens with two attached hydrogens (primary N) is 1. The lowest BCUT2D eigenvalue weighted by atomic mass is 10.1. The van der Waals surface area contributed by atoms with Crippen LogP contribution in [0.2, 0.25) is 5.02 Å². The van der Waals surface area contributed by atoms with Crippen LogP contribution in [0.15, 0.2) is 48.5 Å². The molecule has 0 amide bonds. The van der Waals surface area contributed by atoms with Crippen molar-refractivity contribution in [2.45, 2.75) is 0 Å². The van der Waals surface area contributed by atoms with E-state index in [4.69, 9.17) is 30.5 Å². The number of benzene rings is 2. The Morgan fingerprint density at radius 2 is 1.69 bits per heavy atom. The standard InChI is InChI=1S/C19H11ClN4OS/c1-22-13-7-9-14(10-8-13)24-19-16(23-2)15(21)18(26-19)17(25)11-3-5-12(20)6-4-11/h3-10,24H,21H2. The molecule has 0 atom stereocenters. The van der Waals surface area contributed by atoms with Crippen molar-refractivity contribution in [1.82, 2.24) is 0 Å². The number of anilines is 3. The molecule has 0 aliphatic heterocycles. The fraction of sp³-hybridized carbons (Fsp3) is 0. The number of hydrogen-bond donors (Lipinski definition) is 2. The van der Waals surface area contributed by atoms with E-state index in [1.54, 1.807) is 48.5 Å². The van der Waals surface area contributed by atoms with Gasteiger partial charge in [0.15, 0.2) is 5.69 Å². The summed E-state index contributed by atoms with van der Waals surface area (Å²) in [5.74, 6) is -0.259. The van der Waals surface area contributed by atoms with Gasteiger partial charge >= 0.3 is 0 Å². The molecule has 3 N–H and O–H groups in total. The van der Waals surface area contributed by atoms with Gasteiger partial charge in [0.2, 0.25) is 11.5 Å². The van der Waals surface area contributed by atoms with Crippen molar-refractivity contribution in [3.05, 3.63) is 86.8 Å². The van der Waals surface area contributed by atoms with Crippen LogP contribution in [-0.4, -0.2) is 5.78 Å². The van der Waals surface area contributed by atoms with E-state index in [0.29, 0.717) is 31.8 Å². The van der Waals surface area contributed by atoms with Gasteiger partial charge in [0, 0.05) is 16.3 Å². The first-order valence-electron chi connectivity index (χ1n) is 7.38. The van der Waals surface area contributed by atoms with E-state index in [1.807, 2.05) is 0 Å². The van der Waals surface area contributed by atoms with Crippen molar-refractivity contribution < 1.29 is 4.79 Å². The lowest BCUT2D eigenvalue weighted by Gasteiger charge is -2.04. The van der Waals surface area contributed by atoms with Gasteiger partial charge in [-0.15, -0.1) is 11.3 Å². The van der Waals surface area contributed by atoms with Crippen LogP contribution in [0.5, 0.6) is 0 Å². The Bertz CT molecular complexity index is 1060. The smallest absolute Gasteiger partial charge is 0.243 e. The van der Waals surface area contributed by atoms with Crippen molar-refractivity contribution in [1.29, 1.82) is 0 Å². The zero-order valence-electron chi connectivity index (χ0n) is 13.3. The average Bonchev–Trinajstić information content (AvgIpc) is 2.97. The Kier molecular flexibility index (Phi) is 4.90. The molecule has 0 saturated carbocycles. The van der Waals surface area contributed by atoms with Crippen molar-refractivity contribution in [3.8, 4) is 0 Å². The summed E-state index contributed by atoms with van der Waals surface area (Å²) in [4.78, 5) is 19.8. The van der Waals surface area contributed by atoms with Gasteiger partial charge in [0.1, 0.15) is 5.00 Å². The summed E-state index contributed by atoms with van der Waals surface area (Å²) in [6.45, 7) is 14.4. The average molecular weight is 379 g/mol. The van der Waals surface area contributed by atoms with Crippen LogP contribution in [0.4, 0.5) is 27.8 Å². The van der Waals surface area contributed by atoms with Crippen LogP contribution >= 0.6 is 22.9 Å². The summed E-state index contributed by atoms with van der Waals surface area (Å²) in [5.41, 5.74) is 8.09. The Hall–Kier alpha value is -3.32. The molecule has 0 spiro atoms. The Morgan fingerprint density at radius 3 is 2.27 bits per heavy atom. The summed E-state index contributed by atoms with van der Waals surface area (Å²) in [5, 5.41) is 4.13. The fourth-order valence-electron chi connectivity index (χ4n) is 2.28. The molecule has 26 heavy (non-hydrogen) atoms. The molecule has 0 bridgehead atoms. The van der Waals surface area contributed by atoms with Crippen molar-refractivity contribution in [2.24, 2.45) is 0 Å². The Balaban J connectivity index is 1.96. The first kappa shape index (κ1) is 17.5. The number of ketones is 1. The molecule has 0 aliphatic carbocycles. The van der Waals surface area contributed by atoms with Gasteiger partial charge in [0.05, 0.1) is 23.7 Å². The van der Waals surface area contributed by atoms with E-state index in [-0.39, 0.29) is 17.2 Å². The molecule has 126 valence electrons. The Morgan fingerprint density at radius 1 is 1.04 bits per heavy atom. The second-order valence-corrected chi connectivity index (χ2v) is 6.71. The van der Waals surface area contributed by atoms with Gasteiger partial charge in [0.25, 0.3) is 0 Å². The fourth-order valence-corrected chi connectivity index (χ4v) is 3.45. The minimum atomic E-state index is -0.259. The van der Waals surface area contributed by atoms with Gasteiger partial charge in [-0.3, -0.25) is 4.79 Å². The number of nitrogens with one attached hydrogen (secondary N) is 1. The molecule has 5 nitrogen and oxygen atoms in total. The number of thiophene rings is 1. The molecule has 7 heteroatoms. The molecule has 0 fully saturated rings. The van der Waals surface area contributed by atoms with E-state index >= 15 is 0 Å². The molecule has 0 aliphatic rings. The molecule has 0 unspecified atom stereocenters. The summed E-state index contributed by atoms with van der Waals surface area (Å²) in [6, 6.07) is 13.3. The summed E-state index contributed by atoms with van der Waals surface area (Å²) < 4.78 is 0. The van der Waals surface area contributed by atoms with Crippen molar-refractivity contribution >= 4 is 56.5 Å². The third-order valence-corrected chi connectivity index (χ3v) is 4.96. The van der Waals surface area contributed by atoms with E-state index in [1.165, 1.54) is 0 Å². The SMILES string of the molecule is [C-]#[N+]c1ccc(Nc2sc(C(=O)c3ccc(Cl)cc3)c(N)c2[N+]#[C-])cc1. The zero-order valence-corrected chi connectivity index (χ0v) is 14.9. The van der Waals surface area contributed by atoms with Crippen LogP contribution in [0.3, 0.4) is 0 Å². The quantitative estimate of drug-likeness (QED) is 0.428. The summed E-state index contributed by atoms with van der Waals surface area (Å²) >= 11 is 6.99. The van der Waals surface area contributed by atoms with Gasteiger partial charge in [-0.2, -0.15) is 0 Å². The third-order valence-electron chi connectivity index (χ3n) is 3.60. The first-order valence-corrected chi connectivity index (χ1v) is 8.57. The van der Waals surface area contributed by atoms with Crippen LogP contribution in [0, 0.1) is 13.1 Å². The normalized spacial score (nSPS) is 9.96. The molecule has 1 heterocycles. The Labute approximate surface area is 159 Å². The topological polar surface area (TPSA) is 63.8 Å². The number of nitrogens with zero attached hydrogens (tertiary/aromatic N) is 2. The van der Waals surface area contributed by atoms with Crippen LogP contribution in [0.25, 0.3) is 9.69 Å². The predicted octanol–water partition coefficient (Wildman–Crippen LogP) is 6.06. The summed E-state index contributed by atoms with van der Waals surface area (Å²) in [6.07, 6.45) is 0. The molecule has 2 aromatic carbocycles. The number of carbonyl (C=O) groups excluding carboxylic acids is 1. The largest absolute Gasteiger partial charge is 0.406 e. The highest BCUT2D eigenvalue weighted by Crippen LogP contribution is 2.45. The van der Waals surface area contributed by atoms with Gasteiger partial charge in [-0.25, -0.2) is 9.69 Å². The second kappa shape index (κ2) is 7.28. The highest BCUT2D eigenvalue weighted by molar-refractivity contribution is 7.19. The van der Waals surface area contributed by atoms with E-state index in [0.717, 1.165) is 11.3 Å². The maximum atomic E-state index is 12.7. The number of nitrogen functional groups attached to an aromatic ring is 1.